The molecule has 0 aromatic rings. The standard InChI is InChI=1S/C4H10O.Sn/c1-2-3-4-5;/h5H,2-4H2,1H3;. The Bertz CT molecular complexity index is 15.0. The van der Waals surface area contributed by atoms with Crippen LogP contribution in [0.1, 0.15) is 19.8 Å². The van der Waals surface area contributed by atoms with Crippen molar-refractivity contribution in [1.82, 2.24) is 0 Å². The van der Waals surface area contributed by atoms with Crippen LogP contribution in [0.5, 0.6) is 0 Å². The van der Waals surface area contributed by atoms with Crippen molar-refractivity contribution in [3.05, 3.63) is 0 Å². The van der Waals surface area contributed by atoms with Gasteiger partial charge in [-0.2, -0.15) is 0 Å². The predicted molar refractivity (Wildman–Crippen MR) is 27.7 cm³/mol. The first-order chi connectivity index (χ1) is 2.41. The van der Waals surface area contributed by atoms with Gasteiger partial charge in [-0.25, -0.2) is 0 Å². The third-order valence-electron chi connectivity index (χ3n) is 0.512. The number of hydrogen-bond acceptors (Lipinski definition) is 1. The molecular formula is C4H10OSn. The normalized spacial score (nSPS) is 7.00. The summed E-state index contributed by atoms with van der Waals surface area (Å²) < 4.78 is 0. The molecule has 2 heteroatoms. The molecule has 0 atom stereocenters. The van der Waals surface area contributed by atoms with Gasteiger partial charge in [-0.05, 0) is 6.42 Å². The Labute approximate surface area is 55.7 Å². The van der Waals surface area contributed by atoms with Gasteiger partial charge in [0.05, 0.1) is 0 Å². The van der Waals surface area contributed by atoms with Crippen molar-refractivity contribution in [1.29, 1.82) is 0 Å². The van der Waals surface area contributed by atoms with Crippen LogP contribution in [0.25, 0.3) is 0 Å². The monoisotopic (exact) mass is 194 g/mol. The van der Waals surface area contributed by atoms with E-state index in [1.54, 1.807) is 0 Å². The molecule has 36 valence electrons. The van der Waals surface area contributed by atoms with Crippen molar-refractivity contribution in [2.45, 2.75) is 19.8 Å². The van der Waals surface area contributed by atoms with E-state index in [9.17, 15) is 0 Å². The van der Waals surface area contributed by atoms with Crippen LogP contribution in [0.3, 0.4) is 0 Å². The van der Waals surface area contributed by atoms with Gasteiger partial charge in [-0.15, -0.1) is 0 Å². The van der Waals surface area contributed by atoms with E-state index in [2.05, 4.69) is 6.92 Å². The van der Waals surface area contributed by atoms with Crippen molar-refractivity contribution >= 4 is 23.9 Å². The van der Waals surface area contributed by atoms with Crippen LogP contribution in [0.15, 0.2) is 0 Å². The van der Waals surface area contributed by atoms with E-state index >= 15 is 0 Å². The average molecular weight is 193 g/mol. The van der Waals surface area contributed by atoms with Crippen LogP contribution in [0.4, 0.5) is 0 Å². The minimum absolute atomic E-state index is 0. The van der Waals surface area contributed by atoms with E-state index in [1.807, 2.05) is 0 Å². The summed E-state index contributed by atoms with van der Waals surface area (Å²) in [6.45, 7) is 2.40. The van der Waals surface area contributed by atoms with Gasteiger partial charge >= 0.3 is 0 Å². The van der Waals surface area contributed by atoms with Gasteiger partial charge in [-0.3, -0.25) is 0 Å². The molecule has 0 aliphatic carbocycles. The molecule has 0 fully saturated rings. The smallest absolute Gasteiger partial charge is 0.0430 e. The summed E-state index contributed by atoms with van der Waals surface area (Å²) in [4.78, 5) is 0. The zero-order valence-corrected chi connectivity index (χ0v) is 6.92. The van der Waals surface area contributed by atoms with E-state index in [-0.39, 0.29) is 23.9 Å². The maximum Gasteiger partial charge on any atom is 0.0430 e. The first kappa shape index (κ1) is 9.90. The molecule has 0 rings (SSSR count). The Hall–Kier alpha value is 0.759. The van der Waals surface area contributed by atoms with Gasteiger partial charge < -0.3 is 5.11 Å². The number of unbranched alkanes of at least 4 members (excludes halogenated alkanes) is 1. The van der Waals surface area contributed by atoms with Crippen molar-refractivity contribution in [3.63, 3.8) is 0 Å². The van der Waals surface area contributed by atoms with E-state index < -0.39 is 0 Å². The maximum atomic E-state index is 8.07. The Morgan fingerprint density at radius 2 is 2.00 bits per heavy atom. The fourth-order valence-corrected chi connectivity index (χ4v) is 0.158. The summed E-state index contributed by atoms with van der Waals surface area (Å²) in [5, 5.41) is 8.07. The van der Waals surface area contributed by atoms with Crippen LogP contribution in [-0.2, 0) is 0 Å². The van der Waals surface area contributed by atoms with Crippen LogP contribution in [-0.4, -0.2) is 35.6 Å². The molecule has 1 N–H and O–H groups in total. The maximum absolute atomic E-state index is 8.07. The van der Waals surface area contributed by atoms with E-state index in [1.165, 1.54) is 0 Å². The fourth-order valence-electron chi connectivity index (χ4n) is 0.158. The Morgan fingerprint density at radius 1 is 1.50 bits per heavy atom. The van der Waals surface area contributed by atoms with Crippen LogP contribution >= 0.6 is 0 Å². The van der Waals surface area contributed by atoms with Crippen molar-refractivity contribution in [3.8, 4) is 0 Å². The molecule has 0 heterocycles. The summed E-state index contributed by atoms with van der Waals surface area (Å²) in [5.41, 5.74) is 0. The fraction of sp³-hybridized carbons (Fsp3) is 1.00. The molecule has 0 aliphatic rings. The van der Waals surface area contributed by atoms with Crippen molar-refractivity contribution in [2.24, 2.45) is 0 Å². The SMILES string of the molecule is CCCCO.[Sn]. The van der Waals surface area contributed by atoms with Gasteiger partial charge in [0.1, 0.15) is 0 Å². The molecule has 0 bridgehead atoms. The van der Waals surface area contributed by atoms with E-state index in [0.717, 1.165) is 12.8 Å². The Kier molecular flexibility index (Phi) is 15.2. The molecular weight excluding hydrogens is 183 g/mol. The zero-order chi connectivity index (χ0) is 4.12. The first-order valence-corrected chi connectivity index (χ1v) is 2.02. The van der Waals surface area contributed by atoms with E-state index in [0.29, 0.717) is 6.61 Å². The predicted octanol–water partition coefficient (Wildman–Crippen LogP) is 0.398. The summed E-state index contributed by atoms with van der Waals surface area (Å²) in [5.74, 6) is 0. The molecule has 0 aromatic carbocycles. The summed E-state index contributed by atoms with van der Waals surface area (Å²) >= 11 is 0. The second kappa shape index (κ2) is 9.23. The second-order valence-electron chi connectivity index (χ2n) is 1.08. The molecule has 0 aromatic heterocycles. The number of rotatable bonds is 2. The minimum Gasteiger partial charge on any atom is -0.396 e. The summed E-state index contributed by atoms with van der Waals surface area (Å²) in [6.07, 6.45) is 2.04. The molecule has 1 nitrogen and oxygen atoms in total. The first-order valence-electron chi connectivity index (χ1n) is 2.02. The molecule has 0 aliphatic heterocycles. The van der Waals surface area contributed by atoms with Crippen molar-refractivity contribution in [2.75, 3.05) is 6.61 Å². The third-order valence-corrected chi connectivity index (χ3v) is 0.512. The molecule has 0 saturated carbocycles. The molecule has 4 radical (unpaired) electrons. The number of aliphatic hydroxyl groups excluding tert-OH is 1. The minimum atomic E-state index is 0. The number of hydrogen-bond donors (Lipinski definition) is 1. The molecule has 0 spiro atoms. The zero-order valence-electron chi connectivity index (χ0n) is 4.07. The average Bonchev–Trinajstić information content (AvgIpc) is 1.41. The van der Waals surface area contributed by atoms with E-state index in [4.69, 9.17) is 5.11 Å². The topological polar surface area (TPSA) is 20.2 Å². The molecule has 0 saturated heterocycles. The quantitative estimate of drug-likeness (QED) is 0.629. The molecule has 0 unspecified atom stereocenters. The molecule has 0 amide bonds. The van der Waals surface area contributed by atoms with Crippen LogP contribution < -0.4 is 0 Å². The van der Waals surface area contributed by atoms with Gasteiger partial charge in [0.2, 0.25) is 0 Å². The van der Waals surface area contributed by atoms with Gasteiger partial charge in [0.15, 0.2) is 0 Å². The third kappa shape index (κ3) is 8.83. The molecule has 6 heavy (non-hydrogen) atoms. The summed E-state index contributed by atoms with van der Waals surface area (Å²) in [6, 6.07) is 0. The Balaban J connectivity index is 0. The van der Waals surface area contributed by atoms with Gasteiger partial charge in [-0.1, -0.05) is 13.3 Å². The van der Waals surface area contributed by atoms with Crippen LogP contribution in [0.2, 0.25) is 0 Å². The van der Waals surface area contributed by atoms with Crippen LogP contribution in [0, 0.1) is 0 Å². The number of aliphatic hydroxyl groups is 1. The second-order valence-corrected chi connectivity index (χ2v) is 1.08. The summed E-state index contributed by atoms with van der Waals surface area (Å²) in [7, 11) is 0. The van der Waals surface area contributed by atoms with Gasteiger partial charge in [0, 0.05) is 30.5 Å². The largest absolute Gasteiger partial charge is 0.396 e. The van der Waals surface area contributed by atoms with Crippen molar-refractivity contribution < 1.29 is 5.11 Å². The van der Waals surface area contributed by atoms with Gasteiger partial charge in [0.25, 0.3) is 0 Å². The Morgan fingerprint density at radius 3 is 2.00 bits per heavy atom.